The lowest BCUT2D eigenvalue weighted by molar-refractivity contribution is 0.598. The topological polar surface area (TPSA) is 0 Å². The van der Waals surface area contributed by atoms with Crippen molar-refractivity contribution in [3.63, 3.8) is 0 Å². The zero-order chi connectivity index (χ0) is 9.64. The molecule has 0 nitrogen and oxygen atoms in total. The maximum atomic E-state index is 2.40. The van der Waals surface area contributed by atoms with E-state index in [0.29, 0.717) is 5.92 Å². The summed E-state index contributed by atoms with van der Waals surface area (Å²) in [6.07, 6.45) is 11.5. The fraction of sp³-hybridized carbons (Fsp3) is 0.429. The highest BCUT2D eigenvalue weighted by atomic mass is 14.1. The van der Waals surface area contributed by atoms with E-state index in [2.05, 4.69) is 42.5 Å². The first-order valence-electron chi connectivity index (χ1n) is 5.68. The highest BCUT2D eigenvalue weighted by molar-refractivity contribution is 5.23. The van der Waals surface area contributed by atoms with Crippen LogP contribution in [0.1, 0.15) is 43.6 Å². The lowest BCUT2D eigenvalue weighted by atomic mass is 9.90. The average molecular weight is 186 g/mol. The van der Waals surface area contributed by atoms with Gasteiger partial charge < -0.3 is 0 Å². The van der Waals surface area contributed by atoms with E-state index in [0.717, 1.165) is 0 Å². The van der Waals surface area contributed by atoms with E-state index in [-0.39, 0.29) is 0 Å². The Hall–Kier alpha value is -1.04. The molecule has 0 bridgehead atoms. The molecule has 0 aromatic heterocycles. The van der Waals surface area contributed by atoms with Crippen LogP contribution >= 0.6 is 0 Å². The number of allylic oxidation sites excluding steroid dienone is 2. The van der Waals surface area contributed by atoms with E-state index in [1.165, 1.54) is 37.7 Å². The Morgan fingerprint density at radius 2 is 1.79 bits per heavy atom. The van der Waals surface area contributed by atoms with E-state index in [1.807, 2.05) is 0 Å². The molecule has 0 spiro atoms. The van der Waals surface area contributed by atoms with Crippen LogP contribution in [-0.2, 0) is 0 Å². The van der Waals surface area contributed by atoms with Crippen molar-refractivity contribution in [3.05, 3.63) is 48.0 Å². The molecule has 0 saturated carbocycles. The molecule has 0 saturated heterocycles. The molecule has 0 fully saturated rings. The molecule has 1 atom stereocenters. The Kier molecular flexibility index (Phi) is 3.39. The van der Waals surface area contributed by atoms with Gasteiger partial charge in [0.1, 0.15) is 0 Å². The molecule has 0 heteroatoms. The first kappa shape index (κ1) is 9.51. The predicted octanol–water partition coefficient (Wildman–Crippen LogP) is 4.29. The van der Waals surface area contributed by atoms with Gasteiger partial charge in [-0.1, -0.05) is 55.3 Å². The van der Waals surface area contributed by atoms with Gasteiger partial charge in [-0.3, -0.25) is 0 Å². The molecule has 1 aromatic rings. The number of hydrogen-bond acceptors (Lipinski definition) is 0. The van der Waals surface area contributed by atoms with Gasteiger partial charge in [-0.25, -0.2) is 0 Å². The molecule has 1 aliphatic rings. The van der Waals surface area contributed by atoms with Crippen LogP contribution in [0, 0.1) is 0 Å². The molecule has 14 heavy (non-hydrogen) atoms. The van der Waals surface area contributed by atoms with E-state index in [1.54, 1.807) is 0 Å². The standard InChI is InChI=1S/C14H18/c1-2-5-9-13(10-6-3-1)14-11-7-4-8-12-14/h4-5,7-9,11-13H,1-3,6,10H2/t13-/m1/s1. The SMILES string of the molecule is C1=C[C@@H](c2ccccc2)CCCCC1. The van der Waals surface area contributed by atoms with E-state index in [4.69, 9.17) is 0 Å². The second-order valence-electron chi connectivity index (χ2n) is 4.08. The average Bonchev–Trinajstić information content (AvgIpc) is 2.18. The molecule has 0 radical (unpaired) electrons. The third kappa shape index (κ3) is 2.47. The molecule has 0 heterocycles. The minimum Gasteiger partial charge on any atom is -0.0879 e. The van der Waals surface area contributed by atoms with Crippen LogP contribution in [0.3, 0.4) is 0 Å². The lowest BCUT2D eigenvalue weighted by Gasteiger charge is -2.15. The van der Waals surface area contributed by atoms with Crippen molar-refractivity contribution in [2.75, 3.05) is 0 Å². The zero-order valence-corrected chi connectivity index (χ0v) is 8.65. The van der Waals surface area contributed by atoms with Gasteiger partial charge in [0.05, 0.1) is 0 Å². The summed E-state index contributed by atoms with van der Waals surface area (Å²) in [5, 5.41) is 0. The maximum Gasteiger partial charge on any atom is 0.00179 e. The molecule has 0 N–H and O–H groups in total. The van der Waals surface area contributed by atoms with E-state index in [9.17, 15) is 0 Å². The summed E-state index contributed by atoms with van der Waals surface area (Å²) in [5.41, 5.74) is 1.48. The van der Waals surface area contributed by atoms with Crippen molar-refractivity contribution in [2.45, 2.75) is 38.0 Å². The van der Waals surface area contributed by atoms with Crippen molar-refractivity contribution in [3.8, 4) is 0 Å². The molecule has 0 unspecified atom stereocenters. The number of hydrogen-bond donors (Lipinski definition) is 0. The molecular formula is C14H18. The number of benzene rings is 1. The molecule has 1 aromatic carbocycles. The van der Waals surface area contributed by atoms with Gasteiger partial charge in [0.15, 0.2) is 0 Å². The van der Waals surface area contributed by atoms with Crippen molar-refractivity contribution in [2.24, 2.45) is 0 Å². The quantitative estimate of drug-likeness (QED) is 0.574. The Morgan fingerprint density at radius 1 is 0.929 bits per heavy atom. The Balaban J connectivity index is 2.12. The second kappa shape index (κ2) is 4.99. The summed E-state index contributed by atoms with van der Waals surface area (Å²) in [7, 11) is 0. The summed E-state index contributed by atoms with van der Waals surface area (Å²) in [6, 6.07) is 10.9. The molecular weight excluding hydrogens is 168 g/mol. The zero-order valence-electron chi connectivity index (χ0n) is 8.65. The van der Waals surface area contributed by atoms with Crippen LogP contribution in [0.5, 0.6) is 0 Å². The highest BCUT2D eigenvalue weighted by Crippen LogP contribution is 2.26. The minimum atomic E-state index is 0.663. The van der Waals surface area contributed by atoms with Gasteiger partial charge in [-0.05, 0) is 24.8 Å². The molecule has 74 valence electrons. The Morgan fingerprint density at radius 3 is 2.64 bits per heavy atom. The van der Waals surface area contributed by atoms with Crippen LogP contribution in [-0.4, -0.2) is 0 Å². The van der Waals surface area contributed by atoms with Gasteiger partial charge in [-0.15, -0.1) is 0 Å². The second-order valence-corrected chi connectivity index (χ2v) is 4.08. The van der Waals surface area contributed by atoms with Crippen LogP contribution in [0.2, 0.25) is 0 Å². The minimum absolute atomic E-state index is 0.663. The summed E-state index contributed by atoms with van der Waals surface area (Å²) < 4.78 is 0. The lowest BCUT2D eigenvalue weighted by Crippen LogP contribution is -1.97. The van der Waals surface area contributed by atoms with Gasteiger partial charge in [0.2, 0.25) is 0 Å². The van der Waals surface area contributed by atoms with Crippen LogP contribution in [0.15, 0.2) is 42.5 Å². The monoisotopic (exact) mass is 186 g/mol. The summed E-state index contributed by atoms with van der Waals surface area (Å²) in [4.78, 5) is 0. The smallest absolute Gasteiger partial charge is 0.00179 e. The Bertz CT molecular complexity index is 284. The maximum absolute atomic E-state index is 2.40. The van der Waals surface area contributed by atoms with E-state index >= 15 is 0 Å². The van der Waals surface area contributed by atoms with Gasteiger partial charge >= 0.3 is 0 Å². The van der Waals surface area contributed by atoms with Crippen molar-refractivity contribution in [1.29, 1.82) is 0 Å². The molecule has 0 amide bonds. The summed E-state index contributed by atoms with van der Waals surface area (Å²) in [6.45, 7) is 0. The van der Waals surface area contributed by atoms with Crippen LogP contribution in [0.4, 0.5) is 0 Å². The highest BCUT2D eigenvalue weighted by Gasteiger charge is 2.08. The Labute approximate surface area is 86.7 Å². The van der Waals surface area contributed by atoms with E-state index < -0.39 is 0 Å². The van der Waals surface area contributed by atoms with Gasteiger partial charge in [0.25, 0.3) is 0 Å². The van der Waals surface area contributed by atoms with Crippen molar-refractivity contribution < 1.29 is 0 Å². The van der Waals surface area contributed by atoms with Gasteiger partial charge in [0, 0.05) is 5.92 Å². The summed E-state index contributed by atoms with van der Waals surface area (Å²) >= 11 is 0. The first-order valence-corrected chi connectivity index (χ1v) is 5.68. The largest absolute Gasteiger partial charge is 0.0879 e. The third-order valence-electron chi connectivity index (χ3n) is 2.98. The molecule has 1 aliphatic carbocycles. The summed E-state index contributed by atoms with van der Waals surface area (Å²) in [5.74, 6) is 0.663. The van der Waals surface area contributed by atoms with Crippen LogP contribution in [0.25, 0.3) is 0 Å². The fourth-order valence-corrected chi connectivity index (χ4v) is 2.14. The molecule has 0 aliphatic heterocycles. The predicted molar refractivity (Wildman–Crippen MR) is 61.4 cm³/mol. The third-order valence-corrected chi connectivity index (χ3v) is 2.98. The number of rotatable bonds is 1. The van der Waals surface area contributed by atoms with Crippen LogP contribution < -0.4 is 0 Å². The van der Waals surface area contributed by atoms with Crippen molar-refractivity contribution in [1.82, 2.24) is 0 Å². The fourth-order valence-electron chi connectivity index (χ4n) is 2.14. The molecule has 2 rings (SSSR count). The van der Waals surface area contributed by atoms with Crippen molar-refractivity contribution >= 4 is 0 Å². The van der Waals surface area contributed by atoms with Gasteiger partial charge in [-0.2, -0.15) is 0 Å². The first-order chi connectivity index (χ1) is 6.97. The normalized spacial score (nSPS) is 22.7.